The van der Waals surface area contributed by atoms with Gasteiger partial charge in [-0.15, -0.1) is 11.3 Å². The number of hydrogen-bond donors (Lipinski definition) is 1. The van der Waals surface area contributed by atoms with E-state index in [1.54, 1.807) is 0 Å². The second-order valence-electron chi connectivity index (χ2n) is 4.97. The molecule has 1 unspecified atom stereocenters. The maximum Gasteiger partial charge on any atom is 0.0676 e. The quantitative estimate of drug-likeness (QED) is 0.844. The summed E-state index contributed by atoms with van der Waals surface area (Å²) in [5.41, 5.74) is 3.43. The fourth-order valence-corrected chi connectivity index (χ4v) is 3.19. The lowest BCUT2D eigenvalue weighted by Crippen LogP contribution is -2.23. The van der Waals surface area contributed by atoms with Crippen molar-refractivity contribution >= 4 is 11.3 Å². The zero-order chi connectivity index (χ0) is 14.4. The van der Waals surface area contributed by atoms with Gasteiger partial charge in [0.1, 0.15) is 0 Å². The molecule has 2 rings (SSSR count). The molecule has 0 aliphatic carbocycles. The molecule has 2 aromatic heterocycles. The molecular formula is C16H23N3S. The van der Waals surface area contributed by atoms with Crippen LogP contribution in [0.3, 0.4) is 0 Å². The highest BCUT2D eigenvalue weighted by atomic mass is 32.1. The maximum absolute atomic E-state index is 4.36. The Hall–Kier alpha value is -1.26. The Bertz CT molecular complexity index is 523. The van der Waals surface area contributed by atoms with Crippen LogP contribution in [0.2, 0.25) is 0 Å². The van der Waals surface area contributed by atoms with Crippen molar-refractivity contribution in [1.29, 1.82) is 0 Å². The van der Waals surface area contributed by atoms with E-state index >= 15 is 0 Å². The summed E-state index contributed by atoms with van der Waals surface area (Å²) in [4.78, 5) is 1.45. The van der Waals surface area contributed by atoms with Crippen molar-refractivity contribution in [2.45, 2.75) is 46.1 Å². The van der Waals surface area contributed by atoms with Gasteiger partial charge >= 0.3 is 0 Å². The van der Waals surface area contributed by atoms with Gasteiger partial charge in [0.05, 0.1) is 11.4 Å². The van der Waals surface area contributed by atoms with Crippen molar-refractivity contribution in [2.75, 3.05) is 6.54 Å². The molecule has 0 amide bonds. The van der Waals surface area contributed by atoms with Crippen LogP contribution in [-0.2, 0) is 12.8 Å². The molecule has 2 aromatic rings. The zero-order valence-corrected chi connectivity index (χ0v) is 13.3. The number of aromatic nitrogens is 2. The second-order valence-corrected chi connectivity index (χ2v) is 6.00. The molecule has 3 nitrogen and oxygen atoms in total. The highest BCUT2D eigenvalue weighted by Gasteiger charge is 2.16. The minimum atomic E-state index is 0.367. The van der Waals surface area contributed by atoms with E-state index in [2.05, 4.69) is 52.9 Å². The van der Waals surface area contributed by atoms with E-state index in [-0.39, 0.29) is 0 Å². The fourth-order valence-electron chi connectivity index (χ4n) is 2.47. The van der Waals surface area contributed by atoms with Crippen molar-refractivity contribution < 1.29 is 0 Å². The number of rotatable bonds is 7. The van der Waals surface area contributed by atoms with Gasteiger partial charge in [0.2, 0.25) is 0 Å². The van der Waals surface area contributed by atoms with E-state index in [9.17, 15) is 0 Å². The van der Waals surface area contributed by atoms with E-state index < -0.39 is 0 Å². The molecule has 20 heavy (non-hydrogen) atoms. The van der Waals surface area contributed by atoms with Crippen LogP contribution in [0.15, 0.2) is 23.6 Å². The van der Waals surface area contributed by atoms with Crippen LogP contribution in [0.5, 0.6) is 0 Å². The average molecular weight is 289 g/mol. The summed E-state index contributed by atoms with van der Waals surface area (Å²) in [6.45, 7) is 7.29. The van der Waals surface area contributed by atoms with Gasteiger partial charge in [0.25, 0.3) is 0 Å². The van der Waals surface area contributed by atoms with E-state index in [1.165, 1.54) is 10.4 Å². The molecule has 0 bridgehead atoms. The van der Waals surface area contributed by atoms with Gasteiger partial charge in [0.15, 0.2) is 0 Å². The first kappa shape index (κ1) is 15.1. The van der Waals surface area contributed by atoms with Gasteiger partial charge in [-0.1, -0.05) is 19.9 Å². The van der Waals surface area contributed by atoms with Gasteiger partial charge in [-0.2, -0.15) is 10.2 Å². The molecule has 108 valence electrons. The minimum absolute atomic E-state index is 0.367. The van der Waals surface area contributed by atoms with Crippen LogP contribution in [0.1, 0.15) is 48.1 Å². The molecule has 0 radical (unpaired) electrons. The summed E-state index contributed by atoms with van der Waals surface area (Å²) in [5, 5.41) is 14.3. The minimum Gasteiger partial charge on any atom is -0.310 e. The van der Waals surface area contributed by atoms with Gasteiger partial charge in [-0.05, 0) is 55.8 Å². The Morgan fingerprint density at radius 1 is 1.30 bits per heavy atom. The van der Waals surface area contributed by atoms with Crippen molar-refractivity contribution in [2.24, 2.45) is 0 Å². The normalized spacial score (nSPS) is 12.6. The molecule has 0 fully saturated rings. The van der Waals surface area contributed by atoms with Crippen molar-refractivity contribution in [3.8, 4) is 0 Å². The second kappa shape index (κ2) is 7.50. The summed E-state index contributed by atoms with van der Waals surface area (Å²) in [6, 6.07) is 6.89. The monoisotopic (exact) mass is 289 g/mol. The molecule has 0 aliphatic heterocycles. The maximum atomic E-state index is 4.36. The average Bonchev–Trinajstić information content (AvgIpc) is 2.96. The summed E-state index contributed by atoms with van der Waals surface area (Å²) in [5.74, 6) is 0. The SMILES string of the molecule is CCNC(CCc1cccs1)c1cc(C)nnc1CC. The van der Waals surface area contributed by atoms with Gasteiger partial charge in [-0.25, -0.2) is 0 Å². The zero-order valence-electron chi connectivity index (χ0n) is 12.5. The molecule has 1 atom stereocenters. The van der Waals surface area contributed by atoms with Gasteiger partial charge < -0.3 is 5.32 Å². The lowest BCUT2D eigenvalue weighted by atomic mass is 9.98. The first-order chi connectivity index (χ1) is 9.74. The molecule has 0 saturated heterocycles. The Kier molecular flexibility index (Phi) is 5.68. The molecule has 0 aliphatic rings. The lowest BCUT2D eigenvalue weighted by Gasteiger charge is -2.20. The van der Waals surface area contributed by atoms with Crippen LogP contribution in [0.25, 0.3) is 0 Å². The largest absolute Gasteiger partial charge is 0.310 e. The van der Waals surface area contributed by atoms with Crippen LogP contribution >= 0.6 is 11.3 Å². The molecule has 4 heteroatoms. The van der Waals surface area contributed by atoms with Crippen LogP contribution in [0, 0.1) is 6.92 Å². The van der Waals surface area contributed by atoms with Gasteiger partial charge in [-0.3, -0.25) is 0 Å². The topological polar surface area (TPSA) is 37.8 Å². The number of thiophene rings is 1. The number of aryl methyl sites for hydroxylation is 3. The summed E-state index contributed by atoms with van der Waals surface area (Å²) >= 11 is 1.84. The molecule has 1 N–H and O–H groups in total. The Morgan fingerprint density at radius 2 is 2.15 bits per heavy atom. The van der Waals surface area contributed by atoms with Crippen LogP contribution in [-0.4, -0.2) is 16.7 Å². The van der Waals surface area contributed by atoms with E-state index in [1.807, 2.05) is 18.3 Å². The van der Waals surface area contributed by atoms with E-state index in [0.29, 0.717) is 6.04 Å². The Balaban J connectivity index is 2.16. The predicted octanol–water partition coefficient (Wildman–Crippen LogP) is 3.69. The molecule has 0 aromatic carbocycles. The van der Waals surface area contributed by atoms with Crippen molar-refractivity contribution in [3.05, 3.63) is 45.4 Å². The molecular weight excluding hydrogens is 266 g/mol. The molecule has 0 saturated carbocycles. The molecule has 0 spiro atoms. The van der Waals surface area contributed by atoms with Crippen molar-refractivity contribution in [1.82, 2.24) is 15.5 Å². The lowest BCUT2D eigenvalue weighted by molar-refractivity contribution is 0.509. The fraction of sp³-hybridized carbons (Fsp3) is 0.500. The number of nitrogens with one attached hydrogen (secondary N) is 1. The van der Waals surface area contributed by atoms with E-state index in [4.69, 9.17) is 0 Å². The third kappa shape index (κ3) is 3.87. The van der Waals surface area contributed by atoms with Crippen LogP contribution < -0.4 is 5.32 Å². The van der Waals surface area contributed by atoms with Gasteiger partial charge in [0, 0.05) is 10.9 Å². The Morgan fingerprint density at radius 3 is 2.80 bits per heavy atom. The Labute approximate surface area is 125 Å². The first-order valence-corrected chi connectivity index (χ1v) is 8.21. The smallest absolute Gasteiger partial charge is 0.0676 e. The third-order valence-corrected chi connectivity index (χ3v) is 4.38. The van der Waals surface area contributed by atoms with Crippen molar-refractivity contribution in [3.63, 3.8) is 0 Å². The van der Waals surface area contributed by atoms with Crippen LogP contribution in [0.4, 0.5) is 0 Å². The highest BCUT2D eigenvalue weighted by Crippen LogP contribution is 2.23. The predicted molar refractivity (Wildman–Crippen MR) is 85.2 cm³/mol. The number of nitrogens with zero attached hydrogens (tertiary/aromatic N) is 2. The highest BCUT2D eigenvalue weighted by molar-refractivity contribution is 7.09. The third-order valence-electron chi connectivity index (χ3n) is 3.45. The first-order valence-electron chi connectivity index (χ1n) is 7.33. The standard InChI is InChI=1S/C16H23N3S/c1-4-15-14(11-12(3)18-19-15)16(17-5-2)9-8-13-7-6-10-20-13/h6-7,10-11,16-17H,4-5,8-9H2,1-3H3. The molecule has 2 heterocycles. The summed E-state index contributed by atoms with van der Waals surface area (Å²) in [7, 11) is 0. The number of hydrogen-bond acceptors (Lipinski definition) is 4. The summed E-state index contributed by atoms with van der Waals surface area (Å²) in [6.07, 6.45) is 3.15. The summed E-state index contributed by atoms with van der Waals surface area (Å²) < 4.78 is 0. The van der Waals surface area contributed by atoms with E-state index in [0.717, 1.165) is 37.2 Å².